The van der Waals surface area contributed by atoms with Crippen molar-refractivity contribution in [2.45, 2.75) is 25.3 Å². The van der Waals surface area contributed by atoms with Gasteiger partial charge in [0.2, 0.25) is 0 Å². The number of aryl methyl sites for hydroxylation is 1. The Hall–Kier alpha value is -1.33. The van der Waals surface area contributed by atoms with Crippen molar-refractivity contribution < 1.29 is 8.78 Å². The predicted octanol–water partition coefficient (Wildman–Crippen LogP) is 3.69. The highest BCUT2D eigenvalue weighted by molar-refractivity contribution is 7.15. The third-order valence-electron chi connectivity index (χ3n) is 3.41. The summed E-state index contributed by atoms with van der Waals surface area (Å²) >= 11 is 1.53. The van der Waals surface area contributed by atoms with Crippen LogP contribution in [-0.4, -0.2) is 12.0 Å². The van der Waals surface area contributed by atoms with Crippen LogP contribution < -0.4 is 5.32 Å². The summed E-state index contributed by atoms with van der Waals surface area (Å²) in [6.45, 7) is 0. The minimum atomic E-state index is -0.562. The van der Waals surface area contributed by atoms with Crippen molar-refractivity contribution in [2.75, 3.05) is 7.05 Å². The molecule has 3 rings (SSSR count). The van der Waals surface area contributed by atoms with Crippen molar-refractivity contribution in [3.05, 3.63) is 40.4 Å². The van der Waals surface area contributed by atoms with Gasteiger partial charge in [-0.2, -0.15) is 0 Å². The highest BCUT2D eigenvalue weighted by atomic mass is 32.1. The number of nitrogens with one attached hydrogen (secondary N) is 1. The number of hydrogen-bond acceptors (Lipinski definition) is 3. The Balaban J connectivity index is 2.04. The van der Waals surface area contributed by atoms with E-state index in [2.05, 4.69) is 10.3 Å². The fourth-order valence-electron chi connectivity index (χ4n) is 2.50. The van der Waals surface area contributed by atoms with E-state index in [4.69, 9.17) is 0 Å². The molecule has 100 valence electrons. The number of nitrogens with zero attached hydrogens (tertiary/aromatic N) is 1. The van der Waals surface area contributed by atoms with Crippen molar-refractivity contribution in [3.63, 3.8) is 0 Å². The molecule has 0 amide bonds. The molecule has 0 aliphatic heterocycles. The molecule has 1 aromatic heterocycles. The zero-order valence-corrected chi connectivity index (χ0v) is 11.4. The first kappa shape index (κ1) is 12.7. The summed E-state index contributed by atoms with van der Waals surface area (Å²) < 4.78 is 26.5. The summed E-state index contributed by atoms with van der Waals surface area (Å²) in [7, 11) is 1.93. The lowest BCUT2D eigenvalue weighted by Gasteiger charge is -2.19. The lowest BCUT2D eigenvalue weighted by Crippen LogP contribution is -2.19. The number of halogens is 2. The molecule has 1 atom stereocenters. The molecule has 2 aromatic rings. The maximum Gasteiger partial charge on any atom is 0.126 e. The fraction of sp³-hybridized carbons (Fsp3) is 0.357. The van der Waals surface area contributed by atoms with Crippen molar-refractivity contribution >= 4 is 11.3 Å². The maximum atomic E-state index is 13.3. The first-order chi connectivity index (χ1) is 9.17. The molecule has 0 saturated carbocycles. The van der Waals surface area contributed by atoms with Gasteiger partial charge in [-0.25, -0.2) is 13.8 Å². The third-order valence-corrected chi connectivity index (χ3v) is 4.67. The van der Waals surface area contributed by atoms with E-state index < -0.39 is 11.6 Å². The van der Waals surface area contributed by atoms with Crippen LogP contribution in [0.3, 0.4) is 0 Å². The van der Waals surface area contributed by atoms with Crippen molar-refractivity contribution in [1.29, 1.82) is 0 Å². The largest absolute Gasteiger partial charge is 0.312 e. The number of benzene rings is 1. The molecular formula is C14H14F2N2S. The van der Waals surface area contributed by atoms with Crippen LogP contribution in [0.15, 0.2) is 18.2 Å². The molecule has 0 fully saturated rings. The smallest absolute Gasteiger partial charge is 0.126 e. The van der Waals surface area contributed by atoms with Crippen molar-refractivity contribution in [3.8, 4) is 10.6 Å². The van der Waals surface area contributed by atoms with Crippen LogP contribution in [-0.2, 0) is 6.42 Å². The van der Waals surface area contributed by atoms with Gasteiger partial charge in [0, 0.05) is 22.5 Å². The second-order valence-corrected chi connectivity index (χ2v) is 5.75. The molecule has 0 radical (unpaired) electrons. The standard InChI is InChI=1S/C14H14F2N2S/c1-17-11-3-2-4-12-13(11)19-14(18-12)8-5-9(15)7-10(16)6-8/h5-7,11,17H,2-4H2,1H3. The SMILES string of the molecule is CNC1CCCc2nc(-c3cc(F)cc(F)c3)sc21. The molecule has 1 heterocycles. The van der Waals surface area contributed by atoms with Crippen LogP contribution in [0.25, 0.3) is 10.6 Å². The van der Waals surface area contributed by atoms with Crippen LogP contribution in [0.2, 0.25) is 0 Å². The third kappa shape index (κ3) is 2.40. The van der Waals surface area contributed by atoms with Gasteiger partial charge in [-0.05, 0) is 38.4 Å². The van der Waals surface area contributed by atoms with E-state index in [1.54, 1.807) is 0 Å². The summed E-state index contributed by atoms with van der Waals surface area (Å²) in [6, 6.07) is 3.87. The maximum absolute atomic E-state index is 13.3. The van der Waals surface area contributed by atoms with Gasteiger partial charge in [-0.3, -0.25) is 0 Å². The molecule has 0 saturated heterocycles. The Morgan fingerprint density at radius 3 is 2.68 bits per heavy atom. The first-order valence-corrected chi connectivity index (χ1v) is 7.12. The summed E-state index contributed by atoms with van der Waals surface area (Å²) in [5, 5.41) is 3.97. The molecule has 1 N–H and O–H groups in total. The van der Waals surface area contributed by atoms with Gasteiger partial charge >= 0.3 is 0 Å². The Labute approximate surface area is 114 Å². The lowest BCUT2D eigenvalue weighted by atomic mass is 9.98. The molecule has 19 heavy (non-hydrogen) atoms. The number of fused-ring (bicyclic) bond motifs is 1. The second kappa shape index (κ2) is 4.98. The minimum absolute atomic E-state index is 0.313. The molecule has 2 nitrogen and oxygen atoms in total. The minimum Gasteiger partial charge on any atom is -0.312 e. The van der Waals surface area contributed by atoms with Gasteiger partial charge in [0.1, 0.15) is 16.6 Å². The highest BCUT2D eigenvalue weighted by Crippen LogP contribution is 2.37. The normalized spacial score (nSPS) is 18.4. The zero-order chi connectivity index (χ0) is 13.4. The van der Waals surface area contributed by atoms with Crippen LogP contribution >= 0.6 is 11.3 Å². The Morgan fingerprint density at radius 2 is 2.00 bits per heavy atom. The highest BCUT2D eigenvalue weighted by Gasteiger charge is 2.23. The molecular weight excluding hydrogens is 266 g/mol. The molecule has 1 aliphatic rings. The van der Waals surface area contributed by atoms with Crippen LogP contribution in [0.1, 0.15) is 29.5 Å². The Morgan fingerprint density at radius 1 is 1.26 bits per heavy atom. The molecule has 0 bridgehead atoms. The van der Waals surface area contributed by atoms with Crippen molar-refractivity contribution in [1.82, 2.24) is 10.3 Å². The number of aromatic nitrogens is 1. The summed E-state index contributed by atoms with van der Waals surface area (Å²) in [5.41, 5.74) is 1.59. The van der Waals surface area contributed by atoms with E-state index in [-0.39, 0.29) is 0 Å². The van der Waals surface area contributed by atoms with E-state index >= 15 is 0 Å². The summed E-state index contributed by atoms with van der Waals surface area (Å²) in [6.07, 6.45) is 3.13. The average Bonchev–Trinajstić information content (AvgIpc) is 2.81. The summed E-state index contributed by atoms with van der Waals surface area (Å²) in [4.78, 5) is 5.75. The molecule has 5 heteroatoms. The van der Waals surface area contributed by atoms with E-state index in [1.165, 1.54) is 28.3 Å². The van der Waals surface area contributed by atoms with E-state index in [0.29, 0.717) is 16.6 Å². The Bertz CT molecular complexity index is 589. The predicted molar refractivity (Wildman–Crippen MR) is 72.2 cm³/mol. The fourth-order valence-corrected chi connectivity index (χ4v) is 3.74. The van der Waals surface area contributed by atoms with Gasteiger partial charge in [0.05, 0.1) is 5.69 Å². The quantitative estimate of drug-likeness (QED) is 0.907. The second-order valence-electron chi connectivity index (χ2n) is 4.72. The van der Waals surface area contributed by atoms with Gasteiger partial charge < -0.3 is 5.32 Å². The van der Waals surface area contributed by atoms with Gasteiger partial charge in [0.15, 0.2) is 0 Å². The molecule has 0 spiro atoms. The van der Waals surface area contributed by atoms with Crippen LogP contribution in [0, 0.1) is 11.6 Å². The Kier molecular flexibility index (Phi) is 3.33. The number of rotatable bonds is 2. The molecule has 1 unspecified atom stereocenters. The summed E-state index contributed by atoms with van der Waals surface area (Å²) in [5.74, 6) is -1.12. The number of thiazole rings is 1. The lowest BCUT2D eigenvalue weighted by molar-refractivity contribution is 0.501. The molecule has 1 aliphatic carbocycles. The van der Waals surface area contributed by atoms with E-state index in [1.807, 2.05) is 7.05 Å². The van der Waals surface area contributed by atoms with Crippen LogP contribution in [0.5, 0.6) is 0 Å². The van der Waals surface area contributed by atoms with Crippen LogP contribution in [0.4, 0.5) is 8.78 Å². The molecule has 1 aromatic carbocycles. The van der Waals surface area contributed by atoms with E-state index in [9.17, 15) is 8.78 Å². The van der Waals surface area contributed by atoms with Gasteiger partial charge in [-0.15, -0.1) is 11.3 Å². The average molecular weight is 280 g/mol. The first-order valence-electron chi connectivity index (χ1n) is 6.30. The zero-order valence-electron chi connectivity index (χ0n) is 10.5. The van der Waals surface area contributed by atoms with E-state index in [0.717, 1.165) is 31.0 Å². The monoisotopic (exact) mass is 280 g/mol. The van der Waals surface area contributed by atoms with Crippen molar-refractivity contribution in [2.24, 2.45) is 0 Å². The number of hydrogen-bond donors (Lipinski definition) is 1. The topological polar surface area (TPSA) is 24.9 Å². The van der Waals surface area contributed by atoms with Gasteiger partial charge in [0.25, 0.3) is 0 Å². The van der Waals surface area contributed by atoms with Gasteiger partial charge in [-0.1, -0.05) is 0 Å².